The summed E-state index contributed by atoms with van der Waals surface area (Å²) in [6, 6.07) is 9.57. The van der Waals surface area contributed by atoms with Crippen LogP contribution in [0.4, 0.5) is 5.69 Å². The van der Waals surface area contributed by atoms with E-state index in [0.717, 1.165) is 0 Å². The average molecular weight is 471 g/mol. The zero-order valence-electron chi connectivity index (χ0n) is 17.3. The number of likely N-dealkylation sites (N-methyl/N-ethyl adjacent to an activating group) is 1. The number of benzene rings is 2. The number of halogens is 1. The summed E-state index contributed by atoms with van der Waals surface area (Å²) in [5.74, 6) is 1.83. The number of hydrogen-bond acceptors (Lipinski definition) is 6. The van der Waals surface area contributed by atoms with Crippen LogP contribution in [0, 0.1) is 12.3 Å². The van der Waals surface area contributed by atoms with Crippen molar-refractivity contribution in [3.63, 3.8) is 0 Å². The summed E-state index contributed by atoms with van der Waals surface area (Å²) in [7, 11) is 1.48. The van der Waals surface area contributed by atoms with Crippen LogP contribution in [0.1, 0.15) is 22.8 Å². The van der Waals surface area contributed by atoms with Gasteiger partial charge >= 0.3 is 5.97 Å². The molecule has 1 aliphatic heterocycles. The Morgan fingerprint density at radius 3 is 2.81 bits per heavy atom. The molecule has 1 aliphatic rings. The van der Waals surface area contributed by atoms with Crippen LogP contribution in [0.5, 0.6) is 11.5 Å². The fourth-order valence-corrected chi connectivity index (χ4v) is 4.25. The average Bonchev–Trinajstić information content (AvgIpc) is 3.06. The Kier molecular flexibility index (Phi) is 7.46. The van der Waals surface area contributed by atoms with Crippen LogP contribution >= 0.6 is 23.4 Å². The Morgan fingerprint density at radius 1 is 1.38 bits per heavy atom. The van der Waals surface area contributed by atoms with Crippen LogP contribution in [0.25, 0.3) is 6.08 Å². The van der Waals surface area contributed by atoms with E-state index in [9.17, 15) is 14.7 Å². The number of amidine groups is 1. The molecule has 9 heteroatoms. The Morgan fingerprint density at radius 2 is 2.16 bits per heavy atom. The molecule has 0 unspecified atom stereocenters. The highest BCUT2D eigenvalue weighted by molar-refractivity contribution is 8.18. The van der Waals surface area contributed by atoms with E-state index in [2.05, 4.69) is 10.9 Å². The smallest absolute Gasteiger partial charge is 0.335 e. The molecule has 0 aliphatic carbocycles. The molecule has 1 heterocycles. The van der Waals surface area contributed by atoms with E-state index >= 15 is 0 Å². The molecule has 32 heavy (non-hydrogen) atoms. The third-order valence-corrected chi connectivity index (χ3v) is 5.66. The lowest BCUT2D eigenvalue weighted by Gasteiger charge is -2.12. The second-order valence-electron chi connectivity index (χ2n) is 6.44. The van der Waals surface area contributed by atoms with Crippen molar-refractivity contribution in [3.05, 3.63) is 57.5 Å². The van der Waals surface area contributed by atoms with Gasteiger partial charge < -0.3 is 14.6 Å². The summed E-state index contributed by atoms with van der Waals surface area (Å²) >= 11 is 7.52. The number of methoxy groups -OCH3 is 1. The fraction of sp³-hybridized carbons (Fsp3) is 0.174. The Balaban J connectivity index is 1.95. The summed E-state index contributed by atoms with van der Waals surface area (Å²) in [5.41, 5.74) is 1.20. The molecule has 0 saturated carbocycles. The van der Waals surface area contributed by atoms with E-state index in [4.69, 9.17) is 27.5 Å². The number of thioether (sulfide) groups is 1. The zero-order chi connectivity index (χ0) is 23.3. The number of hydrogen-bond donors (Lipinski definition) is 1. The van der Waals surface area contributed by atoms with Crippen LogP contribution < -0.4 is 9.47 Å². The molecule has 164 valence electrons. The number of carbonyl (C=O) groups excluding carboxylic acids is 1. The van der Waals surface area contributed by atoms with Gasteiger partial charge in [-0.3, -0.25) is 9.69 Å². The van der Waals surface area contributed by atoms with Crippen molar-refractivity contribution in [1.29, 1.82) is 0 Å². The van der Waals surface area contributed by atoms with Crippen molar-refractivity contribution in [3.8, 4) is 23.8 Å². The van der Waals surface area contributed by atoms with E-state index in [-0.39, 0.29) is 18.1 Å². The SMILES string of the molecule is C#CCOc1c(Cl)cc(C=C2SC(=Nc3cccc(C(=O)O)c3)N(CC)C2=O)cc1OC. The maximum absolute atomic E-state index is 12.9. The minimum absolute atomic E-state index is 0.0409. The van der Waals surface area contributed by atoms with E-state index in [1.165, 1.54) is 35.9 Å². The molecule has 0 atom stereocenters. The first-order valence-corrected chi connectivity index (χ1v) is 10.6. The molecule has 1 amide bonds. The summed E-state index contributed by atoms with van der Waals surface area (Å²) in [6.07, 6.45) is 6.92. The topological polar surface area (TPSA) is 88.4 Å². The second kappa shape index (κ2) is 10.3. The van der Waals surface area contributed by atoms with Gasteiger partial charge in [0.25, 0.3) is 5.91 Å². The van der Waals surface area contributed by atoms with Crippen LogP contribution in [0.15, 0.2) is 46.3 Å². The number of ether oxygens (including phenoxy) is 2. The van der Waals surface area contributed by atoms with Gasteiger partial charge in [-0.2, -0.15) is 0 Å². The van der Waals surface area contributed by atoms with Crippen molar-refractivity contribution in [1.82, 2.24) is 4.90 Å². The molecular weight excluding hydrogens is 452 g/mol. The number of carboxylic acids is 1. The van der Waals surface area contributed by atoms with Gasteiger partial charge in [0, 0.05) is 6.54 Å². The van der Waals surface area contributed by atoms with E-state index in [0.29, 0.717) is 44.4 Å². The van der Waals surface area contributed by atoms with Crippen LogP contribution in [0.3, 0.4) is 0 Å². The monoisotopic (exact) mass is 470 g/mol. The summed E-state index contributed by atoms with van der Waals surface area (Å²) in [6.45, 7) is 2.28. The minimum atomic E-state index is -1.05. The lowest BCUT2D eigenvalue weighted by Crippen LogP contribution is -2.28. The number of rotatable bonds is 7. The van der Waals surface area contributed by atoms with Crippen LogP contribution in [-0.4, -0.2) is 47.3 Å². The van der Waals surface area contributed by atoms with Gasteiger partial charge in [0.2, 0.25) is 0 Å². The van der Waals surface area contributed by atoms with E-state index in [1.54, 1.807) is 30.3 Å². The largest absolute Gasteiger partial charge is 0.493 e. The molecular formula is C23H19ClN2O5S. The number of amides is 1. The van der Waals surface area contributed by atoms with Gasteiger partial charge in [0.15, 0.2) is 16.7 Å². The zero-order valence-corrected chi connectivity index (χ0v) is 18.9. The predicted molar refractivity (Wildman–Crippen MR) is 126 cm³/mol. The number of carbonyl (C=O) groups is 2. The van der Waals surface area contributed by atoms with Gasteiger partial charge in [-0.25, -0.2) is 9.79 Å². The van der Waals surface area contributed by atoms with E-state index in [1.807, 2.05) is 6.92 Å². The molecule has 1 N–H and O–H groups in total. The Hall–Kier alpha value is -3.41. The van der Waals surface area contributed by atoms with Gasteiger partial charge in [0.05, 0.1) is 28.3 Å². The molecule has 0 aromatic heterocycles. The quantitative estimate of drug-likeness (QED) is 0.466. The molecule has 0 bridgehead atoms. The van der Waals surface area contributed by atoms with Gasteiger partial charge in [-0.15, -0.1) is 6.42 Å². The van der Waals surface area contributed by atoms with Crippen molar-refractivity contribution in [2.24, 2.45) is 4.99 Å². The molecule has 7 nitrogen and oxygen atoms in total. The summed E-state index contributed by atoms with van der Waals surface area (Å²) in [4.78, 5) is 30.6. The second-order valence-corrected chi connectivity index (χ2v) is 7.85. The molecule has 0 spiro atoms. The number of nitrogens with zero attached hydrogens (tertiary/aromatic N) is 2. The summed E-state index contributed by atoms with van der Waals surface area (Å²) in [5, 5.41) is 9.94. The molecule has 2 aromatic rings. The number of aromatic carboxylic acids is 1. The standard InChI is InChI=1S/C23H19ClN2O5S/c1-4-9-31-20-17(24)10-14(11-18(20)30-3)12-19-21(27)26(5-2)23(32-19)25-16-8-6-7-15(13-16)22(28)29/h1,6-8,10-13H,5,9H2,2-3H3,(H,28,29). The molecule has 0 radical (unpaired) electrons. The Labute approximate surface area is 194 Å². The number of terminal acetylenes is 1. The first kappa shape index (κ1) is 23.3. The minimum Gasteiger partial charge on any atom is -0.493 e. The maximum Gasteiger partial charge on any atom is 0.335 e. The van der Waals surface area contributed by atoms with Crippen molar-refractivity contribution >= 4 is 52.2 Å². The third-order valence-electron chi connectivity index (χ3n) is 4.37. The highest BCUT2D eigenvalue weighted by Gasteiger charge is 2.32. The molecule has 3 rings (SSSR count). The lowest BCUT2D eigenvalue weighted by molar-refractivity contribution is -0.122. The number of carboxylic acid groups (broad SMARTS) is 1. The molecule has 1 fully saturated rings. The van der Waals surface area contributed by atoms with Crippen molar-refractivity contribution < 1.29 is 24.2 Å². The predicted octanol–water partition coefficient (Wildman–Crippen LogP) is 4.68. The maximum atomic E-state index is 12.9. The van der Waals surface area contributed by atoms with Gasteiger partial charge in [-0.05, 0) is 60.7 Å². The van der Waals surface area contributed by atoms with Crippen LogP contribution in [0.2, 0.25) is 5.02 Å². The van der Waals surface area contributed by atoms with E-state index < -0.39 is 5.97 Å². The van der Waals surface area contributed by atoms with Crippen molar-refractivity contribution in [2.75, 3.05) is 20.3 Å². The van der Waals surface area contributed by atoms with Crippen molar-refractivity contribution in [2.45, 2.75) is 6.92 Å². The lowest BCUT2D eigenvalue weighted by atomic mass is 10.1. The first-order valence-electron chi connectivity index (χ1n) is 9.45. The first-order chi connectivity index (χ1) is 15.4. The normalized spacial score (nSPS) is 15.8. The molecule has 2 aromatic carbocycles. The van der Waals surface area contributed by atoms with Gasteiger partial charge in [0.1, 0.15) is 6.61 Å². The third kappa shape index (κ3) is 5.07. The Bertz CT molecular complexity index is 1170. The van der Waals surface area contributed by atoms with Gasteiger partial charge in [-0.1, -0.05) is 23.6 Å². The highest BCUT2D eigenvalue weighted by atomic mass is 35.5. The molecule has 1 saturated heterocycles. The van der Waals surface area contributed by atoms with Crippen LogP contribution in [-0.2, 0) is 4.79 Å². The summed E-state index contributed by atoms with van der Waals surface area (Å²) < 4.78 is 10.8. The number of aliphatic imine (C=N–C) groups is 1. The fourth-order valence-electron chi connectivity index (χ4n) is 2.92. The highest BCUT2D eigenvalue weighted by Crippen LogP contribution is 2.39.